The summed E-state index contributed by atoms with van der Waals surface area (Å²) in [6.45, 7) is 0.956. The highest BCUT2D eigenvalue weighted by molar-refractivity contribution is 5.80. The Morgan fingerprint density at radius 3 is 3.05 bits per heavy atom. The highest BCUT2D eigenvalue weighted by Gasteiger charge is 2.08. The van der Waals surface area contributed by atoms with Crippen LogP contribution in [0.1, 0.15) is 17.7 Å². The minimum Gasteiger partial charge on any atom is -0.464 e. The fraction of sp³-hybridized carbons (Fsp3) is 0.267. The predicted octanol–water partition coefficient (Wildman–Crippen LogP) is 2.60. The molecular weight excluding hydrogens is 240 g/mol. The Morgan fingerprint density at radius 1 is 1.26 bits per heavy atom. The molecule has 2 heterocycles. The third kappa shape index (κ3) is 2.39. The number of aliphatic hydroxyl groups excluding tert-OH is 1. The van der Waals surface area contributed by atoms with Crippen LogP contribution < -0.4 is 0 Å². The van der Waals surface area contributed by atoms with Crippen LogP contribution in [-0.4, -0.2) is 21.3 Å². The Labute approximate surface area is 111 Å². The molecule has 0 fully saturated rings. The maximum atomic E-state index is 8.91. The number of para-hydroxylation sites is 1. The minimum atomic E-state index is 0.208. The second-order valence-corrected chi connectivity index (χ2v) is 4.60. The standard InChI is InChI=1S/C15H16N2O2/c18-7-3-4-13-8-16-11-17(13)9-12-10-19-15-6-2-1-5-14(12)15/h1-2,5-6,8,10-11,18H,3-4,7,9H2. The van der Waals surface area contributed by atoms with Crippen molar-refractivity contribution in [3.63, 3.8) is 0 Å². The number of imidazole rings is 1. The molecule has 3 rings (SSSR count). The fourth-order valence-electron chi connectivity index (χ4n) is 2.30. The molecule has 0 aliphatic carbocycles. The Kier molecular flexibility index (Phi) is 3.33. The van der Waals surface area contributed by atoms with Gasteiger partial charge >= 0.3 is 0 Å². The SMILES string of the molecule is OCCCc1cncn1Cc1coc2ccccc12. The smallest absolute Gasteiger partial charge is 0.134 e. The van der Waals surface area contributed by atoms with Crippen molar-refractivity contribution in [3.8, 4) is 0 Å². The molecular formula is C15H16N2O2. The van der Waals surface area contributed by atoms with Gasteiger partial charge in [-0.05, 0) is 18.9 Å². The highest BCUT2D eigenvalue weighted by atomic mass is 16.3. The van der Waals surface area contributed by atoms with E-state index in [0.29, 0.717) is 0 Å². The molecule has 98 valence electrons. The van der Waals surface area contributed by atoms with Crippen LogP contribution in [0.15, 0.2) is 47.5 Å². The van der Waals surface area contributed by atoms with Crippen LogP contribution in [0.5, 0.6) is 0 Å². The van der Waals surface area contributed by atoms with E-state index in [1.165, 1.54) is 0 Å². The maximum absolute atomic E-state index is 8.91. The second-order valence-electron chi connectivity index (χ2n) is 4.60. The third-order valence-electron chi connectivity index (χ3n) is 3.29. The van der Waals surface area contributed by atoms with Gasteiger partial charge in [-0.25, -0.2) is 4.98 Å². The van der Waals surface area contributed by atoms with Crippen LogP contribution in [0, 0.1) is 0 Å². The average Bonchev–Trinajstić information content (AvgIpc) is 3.05. The number of fused-ring (bicyclic) bond motifs is 1. The van der Waals surface area contributed by atoms with Gasteiger partial charge in [-0.15, -0.1) is 0 Å². The van der Waals surface area contributed by atoms with E-state index < -0.39 is 0 Å². The van der Waals surface area contributed by atoms with E-state index in [1.807, 2.05) is 30.7 Å². The lowest BCUT2D eigenvalue weighted by molar-refractivity contribution is 0.287. The number of nitrogens with zero attached hydrogens (tertiary/aromatic N) is 2. The van der Waals surface area contributed by atoms with Crippen LogP contribution in [0.3, 0.4) is 0 Å². The van der Waals surface area contributed by atoms with Crippen molar-refractivity contribution in [2.75, 3.05) is 6.61 Å². The number of hydrogen-bond acceptors (Lipinski definition) is 3. The van der Waals surface area contributed by atoms with E-state index in [0.717, 1.165) is 41.6 Å². The average molecular weight is 256 g/mol. The molecule has 0 atom stereocenters. The Balaban J connectivity index is 1.87. The first-order valence-corrected chi connectivity index (χ1v) is 6.43. The Bertz CT molecular complexity index is 669. The molecule has 0 aliphatic rings. The van der Waals surface area contributed by atoms with Gasteiger partial charge in [0.1, 0.15) is 5.58 Å². The Morgan fingerprint density at radius 2 is 2.16 bits per heavy atom. The first-order chi connectivity index (χ1) is 9.38. The summed E-state index contributed by atoms with van der Waals surface area (Å²) >= 11 is 0. The summed E-state index contributed by atoms with van der Waals surface area (Å²) in [7, 11) is 0. The number of aromatic nitrogens is 2. The molecule has 19 heavy (non-hydrogen) atoms. The van der Waals surface area contributed by atoms with Gasteiger partial charge in [-0.3, -0.25) is 0 Å². The van der Waals surface area contributed by atoms with Crippen molar-refractivity contribution >= 4 is 11.0 Å². The number of rotatable bonds is 5. The molecule has 0 unspecified atom stereocenters. The van der Waals surface area contributed by atoms with Crippen molar-refractivity contribution in [2.24, 2.45) is 0 Å². The summed E-state index contributed by atoms with van der Waals surface area (Å²) in [5, 5.41) is 10.1. The molecule has 4 heteroatoms. The topological polar surface area (TPSA) is 51.2 Å². The molecule has 0 saturated carbocycles. The van der Waals surface area contributed by atoms with Crippen molar-refractivity contribution in [3.05, 3.63) is 54.3 Å². The lowest BCUT2D eigenvalue weighted by Gasteiger charge is -2.06. The lowest BCUT2D eigenvalue weighted by atomic mass is 10.1. The van der Waals surface area contributed by atoms with Crippen LogP contribution in [0.25, 0.3) is 11.0 Å². The van der Waals surface area contributed by atoms with E-state index >= 15 is 0 Å². The van der Waals surface area contributed by atoms with Gasteiger partial charge in [0.25, 0.3) is 0 Å². The normalized spacial score (nSPS) is 11.2. The zero-order chi connectivity index (χ0) is 13.1. The molecule has 1 N–H and O–H groups in total. The summed E-state index contributed by atoms with van der Waals surface area (Å²) in [4.78, 5) is 4.19. The quantitative estimate of drug-likeness (QED) is 0.763. The molecule has 0 aliphatic heterocycles. The van der Waals surface area contributed by atoms with Crippen LogP contribution >= 0.6 is 0 Å². The molecule has 4 nitrogen and oxygen atoms in total. The maximum Gasteiger partial charge on any atom is 0.134 e. The first-order valence-electron chi connectivity index (χ1n) is 6.43. The zero-order valence-corrected chi connectivity index (χ0v) is 10.6. The zero-order valence-electron chi connectivity index (χ0n) is 10.6. The van der Waals surface area contributed by atoms with Gasteiger partial charge in [0, 0.05) is 29.4 Å². The molecule has 0 saturated heterocycles. The lowest BCUT2D eigenvalue weighted by Crippen LogP contribution is -2.03. The molecule has 0 amide bonds. The number of aliphatic hydroxyl groups is 1. The van der Waals surface area contributed by atoms with Crippen LogP contribution in [0.4, 0.5) is 0 Å². The summed E-state index contributed by atoms with van der Waals surface area (Å²) in [6.07, 6.45) is 7.09. The van der Waals surface area contributed by atoms with Crippen molar-refractivity contribution in [1.82, 2.24) is 9.55 Å². The van der Waals surface area contributed by atoms with Crippen molar-refractivity contribution in [1.29, 1.82) is 0 Å². The molecule has 1 aromatic carbocycles. The number of furan rings is 1. The predicted molar refractivity (Wildman–Crippen MR) is 72.9 cm³/mol. The molecule has 0 radical (unpaired) electrons. The van der Waals surface area contributed by atoms with Crippen molar-refractivity contribution < 1.29 is 9.52 Å². The number of aryl methyl sites for hydroxylation is 1. The van der Waals surface area contributed by atoms with E-state index in [9.17, 15) is 0 Å². The molecule has 0 spiro atoms. The van der Waals surface area contributed by atoms with Gasteiger partial charge in [-0.1, -0.05) is 18.2 Å². The number of hydrogen-bond donors (Lipinski definition) is 1. The largest absolute Gasteiger partial charge is 0.464 e. The minimum absolute atomic E-state index is 0.208. The van der Waals surface area contributed by atoms with E-state index in [1.54, 1.807) is 6.26 Å². The van der Waals surface area contributed by atoms with E-state index in [-0.39, 0.29) is 6.61 Å². The van der Waals surface area contributed by atoms with Crippen LogP contribution in [0.2, 0.25) is 0 Å². The first kappa shape index (κ1) is 12.0. The van der Waals surface area contributed by atoms with Gasteiger partial charge in [0.05, 0.1) is 19.1 Å². The highest BCUT2D eigenvalue weighted by Crippen LogP contribution is 2.22. The summed E-state index contributed by atoms with van der Waals surface area (Å²) < 4.78 is 7.65. The molecule has 2 aromatic heterocycles. The van der Waals surface area contributed by atoms with Crippen LogP contribution in [-0.2, 0) is 13.0 Å². The molecule has 0 bridgehead atoms. The number of benzene rings is 1. The van der Waals surface area contributed by atoms with E-state index in [4.69, 9.17) is 9.52 Å². The monoisotopic (exact) mass is 256 g/mol. The summed E-state index contributed by atoms with van der Waals surface area (Å²) in [5.74, 6) is 0. The van der Waals surface area contributed by atoms with Gasteiger partial charge in [0.15, 0.2) is 0 Å². The van der Waals surface area contributed by atoms with Gasteiger partial charge in [-0.2, -0.15) is 0 Å². The van der Waals surface area contributed by atoms with Gasteiger partial charge < -0.3 is 14.1 Å². The third-order valence-corrected chi connectivity index (χ3v) is 3.29. The second kappa shape index (κ2) is 5.28. The fourth-order valence-corrected chi connectivity index (χ4v) is 2.30. The Hall–Kier alpha value is -2.07. The summed E-state index contributed by atoms with van der Waals surface area (Å²) in [6, 6.07) is 8.03. The van der Waals surface area contributed by atoms with Crippen molar-refractivity contribution in [2.45, 2.75) is 19.4 Å². The van der Waals surface area contributed by atoms with Gasteiger partial charge in [0.2, 0.25) is 0 Å². The summed E-state index contributed by atoms with van der Waals surface area (Å²) in [5.41, 5.74) is 3.20. The molecule has 3 aromatic rings. The van der Waals surface area contributed by atoms with E-state index in [2.05, 4.69) is 15.6 Å².